The van der Waals surface area contributed by atoms with Gasteiger partial charge in [0.2, 0.25) is 0 Å². The lowest BCUT2D eigenvalue weighted by molar-refractivity contribution is -0.239. The molecule has 0 aromatic rings. The van der Waals surface area contributed by atoms with E-state index in [4.69, 9.17) is 9.47 Å². The lowest BCUT2D eigenvalue weighted by Gasteiger charge is -2.62. The van der Waals surface area contributed by atoms with Gasteiger partial charge >= 0.3 is 5.97 Å². The molecule has 3 N–H and O–H groups in total. The Morgan fingerprint density at radius 3 is 2.56 bits per heavy atom. The molecule has 1 saturated heterocycles. The quantitative estimate of drug-likeness (QED) is 0.680. The molecule has 5 rings (SSSR count). The third kappa shape index (κ3) is 1.93. The van der Waals surface area contributed by atoms with Crippen molar-refractivity contribution >= 4 is 5.97 Å². The number of fused-ring (bicyclic) bond motifs is 1. The zero-order chi connectivity index (χ0) is 19.2. The topological polar surface area (TPSA) is 96.2 Å². The second-order valence-electron chi connectivity index (χ2n) is 10.2. The van der Waals surface area contributed by atoms with Crippen molar-refractivity contribution in [3.8, 4) is 0 Å². The Hall–Kier alpha value is -0.690. The SMILES string of the molecule is CO[C@@H]1O[C@]23CC[C@@]4(O)C[C@@H](O)CC[C@]14[C@@H]2CC[C@]1(C)[C@H](C(=O)O)CC[C@@H]13. The van der Waals surface area contributed by atoms with Crippen LogP contribution in [0.1, 0.15) is 64.7 Å². The van der Waals surface area contributed by atoms with Gasteiger partial charge < -0.3 is 24.8 Å². The number of aliphatic hydroxyl groups excluding tert-OH is 1. The van der Waals surface area contributed by atoms with Crippen molar-refractivity contribution in [2.24, 2.45) is 28.6 Å². The van der Waals surface area contributed by atoms with Gasteiger partial charge in [0.15, 0.2) is 6.29 Å². The number of aliphatic carboxylic acids is 1. The number of aliphatic hydroxyl groups is 2. The number of rotatable bonds is 2. The van der Waals surface area contributed by atoms with Crippen molar-refractivity contribution in [3.63, 3.8) is 0 Å². The molecule has 2 bridgehead atoms. The van der Waals surface area contributed by atoms with Crippen molar-refractivity contribution in [2.75, 3.05) is 7.11 Å². The van der Waals surface area contributed by atoms with Crippen LogP contribution in [0.5, 0.6) is 0 Å². The van der Waals surface area contributed by atoms with E-state index in [0.29, 0.717) is 32.1 Å². The minimum atomic E-state index is -0.964. The molecule has 0 aromatic carbocycles. The Balaban J connectivity index is 1.61. The Morgan fingerprint density at radius 1 is 1.07 bits per heavy atom. The van der Waals surface area contributed by atoms with Gasteiger partial charge in [-0.2, -0.15) is 0 Å². The highest BCUT2D eigenvalue weighted by molar-refractivity contribution is 5.71. The van der Waals surface area contributed by atoms with Gasteiger partial charge in [-0.3, -0.25) is 4.79 Å². The summed E-state index contributed by atoms with van der Waals surface area (Å²) in [7, 11) is 1.65. The van der Waals surface area contributed by atoms with Gasteiger partial charge in [0, 0.05) is 19.4 Å². The smallest absolute Gasteiger partial charge is 0.307 e. The lowest BCUT2D eigenvalue weighted by atomic mass is 9.42. The van der Waals surface area contributed by atoms with E-state index in [9.17, 15) is 20.1 Å². The van der Waals surface area contributed by atoms with Crippen LogP contribution in [0, 0.1) is 28.6 Å². The van der Waals surface area contributed by atoms with E-state index in [1.807, 2.05) is 0 Å². The van der Waals surface area contributed by atoms with Crippen molar-refractivity contribution < 1.29 is 29.6 Å². The van der Waals surface area contributed by atoms with Crippen molar-refractivity contribution in [1.29, 1.82) is 0 Å². The van der Waals surface area contributed by atoms with E-state index in [-0.39, 0.29) is 23.2 Å². The molecule has 6 heteroatoms. The summed E-state index contributed by atoms with van der Waals surface area (Å²) in [5.74, 6) is -0.628. The van der Waals surface area contributed by atoms with Crippen LogP contribution in [0.15, 0.2) is 0 Å². The number of ether oxygens (including phenoxy) is 2. The molecular formula is C21H32O6. The van der Waals surface area contributed by atoms with Crippen LogP contribution in [-0.2, 0) is 14.3 Å². The average Bonchev–Trinajstić information content (AvgIpc) is 3.07. The maximum Gasteiger partial charge on any atom is 0.307 e. The molecule has 152 valence electrons. The molecule has 0 unspecified atom stereocenters. The zero-order valence-corrected chi connectivity index (χ0v) is 16.3. The van der Waals surface area contributed by atoms with E-state index in [2.05, 4.69) is 6.92 Å². The summed E-state index contributed by atoms with van der Waals surface area (Å²) in [6.07, 6.45) is 5.47. The monoisotopic (exact) mass is 380 g/mol. The highest BCUT2D eigenvalue weighted by atomic mass is 16.7. The predicted octanol–water partition coefficient (Wildman–Crippen LogP) is 2.31. The number of methoxy groups -OCH3 is 1. The molecule has 1 spiro atoms. The van der Waals surface area contributed by atoms with E-state index in [0.717, 1.165) is 25.7 Å². The molecule has 1 aliphatic heterocycles. The average molecular weight is 380 g/mol. The summed E-state index contributed by atoms with van der Waals surface area (Å²) in [5.41, 5.74) is -2.10. The third-order valence-corrected chi connectivity index (χ3v) is 9.63. The first kappa shape index (κ1) is 18.3. The molecule has 9 atom stereocenters. The summed E-state index contributed by atoms with van der Waals surface area (Å²) in [6.45, 7) is 2.15. The third-order valence-electron chi connectivity index (χ3n) is 9.63. The molecular weight excluding hydrogens is 348 g/mol. The molecule has 5 fully saturated rings. The van der Waals surface area contributed by atoms with Crippen molar-refractivity contribution in [2.45, 2.75) is 88.3 Å². The summed E-state index contributed by atoms with van der Waals surface area (Å²) in [5, 5.41) is 31.8. The summed E-state index contributed by atoms with van der Waals surface area (Å²) < 4.78 is 12.6. The van der Waals surface area contributed by atoms with Crippen LogP contribution in [0.2, 0.25) is 0 Å². The molecule has 27 heavy (non-hydrogen) atoms. The van der Waals surface area contributed by atoms with Crippen LogP contribution in [0.4, 0.5) is 0 Å². The molecule has 1 heterocycles. The van der Waals surface area contributed by atoms with Gasteiger partial charge in [-0.15, -0.1) is 0 Å². The van der Waals surface area contributed by atoms with Crippen LogP contribution in [0.3, 0.4) is 0 Å². The van der Waals surface area contributed by atoms with Crippen LogP contribution < -0.4 is 0 Å². The maximum absolute atomic E-state index is 11.9. The number of carbonyl (C=O) groups is 1. The molecule has 4 saturated carbocycles. The Bertz CT molecular complexity index is 667. The molecule has 5 aliphatic rings. The van der Waals surface area contributed by atoms with Gasteiger partial charge in [0.05, 0.1) is 28.6 Å². The van der Waals surface area contributed by atoms with Gasteiger partial charge in [0.25, 0.3) is 0 Å². The lowest BCUT2D eigenvalue weighted by Crippen LogP contribution is -2.67. The molecule has 6 nitrogen and oxygen atoms in total. The second kappa shape index (κ2) is 5.47. The van der Waals surface area contributed by atoms with Gasteiger partial charge in [0.1, 0.15) is 0 Å². The van der Waals surface area contributed by atoms with E-state index >= 15 is 0 Å². The van der Waals surface area contributed by atoms with Gasteiger partial charge in [-0.25, -0.2) is 0 Å². The fourth-order valence-corrected chi connectivity index (χ4v) is 8.62. The van der Waals surface area contributed by atoms with E-state index in [1.54, 1.807) is 7.11 Å². The Labute approximate surface area is 160 Å². The number of carboxylic acid groups (broad SMARTS) is 1. The molecule has 0 aromatic heterocycles. The van der Waals surface area contributed by atoms with Gasteiger partial charge in [-0.1, -0.05) is 6.92 Å². The number of hydrogen-bond donors (Lipinski definition) is 3. The Kier molecular flexibility index (Phi) is 3.71. The van der Waals surface area contributed by atoms with Crippen molar-refractivity contribution in [1.82, 2.24) is 0 Å². The molecule has 0 radical (unpaired) electrons. The fraction of sp³-hybridized carbons (Fsp3) is 0.952. The normalized spacial score (nSPS) is 59.0. The largest absolute Gasteiger partial charge is 0.481 e. The minimum absolute atomic E-state index is 0.173. The number of hydrogen-bond acceptors (Lipinski definition) is 5. The summed E-state index contributed by atoms with van der Waals surface area (Å²) >= 11 is 0. The molecule has 4 aliphatic carbocycles. The first-order valence-corrected chi connectivity index (χ1v) is 10.6. The van der Waals surface area contributed by atoms with Crippen LogP contribution >= 0.6 is 0 Å². The second-order valence-corrected chi connectivity index (χ2v) is 10.2. The van der Waals surface area contributed by atoms with Crippen LogP contribution in [0.25, 0.3) is 0 Å². The van der Waals surface area contributed by atoms with Crippen LogP contribution in [-0.4, -0.2) is 52.0 Å². The highest BCUT2D eigenvalue weighted by Gasteiger charge is 2.79. The minimum Gasteiger partial charge on any atom is -0.481 e. The van der Waals surface area contributed by atoms with Gasteiger partial charge in [-0.05, 0) is 62.7 Å². The van der Waals surface area contributed by atoms with Crippen molar-refractivity contribution in [3.05, 3.63) is 0 Å². The first-order chi connectivity index (χ1) is 12.7. The zero-order valence-electron chi connectivity index (χ0n) is 16.3. The highest BCUT2D eigenvalue weighted by Crippen LogP contribution is 2.75. The van der Waals surface area contributed by atoms with E-state index < -0.39 is 35.0 Å². The number of carboxylic acids is 1. The standard InChI is InChI=1S/C21H32O6/c1-18-7-6-15-20-8-5-12(22)11-19(20,25)9-10-21(15,27-17(20)26-2)14(18)4-3-13(18)16(23)24/h12-15,17,22,25H,3-11H2,1-2H3,(H,23,24)/t12-,13-,14-,15-,17+,18+,19+,20-,21-/m0/s1. The molecule has 0 amide bonds. The summed E-state index contributed by atoms with van der Waals surface area (Å²) in [6, 6.07) is 0. The first-order valence-electron chi connectivity index (χ1n) is 10.6. The fourth-order valence-electron chi connectivity index (χ4n) is 8.62. The predicted molar refractivity (Wildman–Crippen MR) is 95.8 cm³/mol. The van der Waals surface area contributed by atoms with E-state index in [1.165, 1.54) is 0 Å². The summed E-state index contributed by atoms with van der Waals surface area (Å²) in [4.78, 5) is 11.9. The Morgan fingerprint density at radius 2 is 1.85 bits per heavy atom. The maximum atomic E-state index is 11.9.